The molecule has 0 atom stereocenters. The molecule has 106 valence electrons. The highest BCUT2D eigenvalue weighted by Gasteiger charge is 2.34. The molecule has 0 saturated heterocycles. The topological polar surface area (TPSA) is 24.8 Å². The largest absolute Gasteiger partial charge is 0.417 e. The van der Waals surface area contributed by atoms with Crippen molar-refractivity contribution in [3.05, 3.63) is 40.1 Å². The van der Waals surface area contributed by atoms with Gasteiger partial charge in [0, 0.05) is 24.8 Å². The fraction of sp³-hybridized carbons (Fsp3) is 0.308. The van der Waals surface area contributed by atoms with E-state index in [4.69, 9.17) is 16.4 Å². The molecule has 1 aromatic carbocycles. The molecule has 2 heterocycles. The number of dihydropyridines is 1. The van der Waals surface area contributed by atoms with Crippen molar-refractivity contribution < 1.29 is 18.0 Å². The maximum atomic E-state index is 12.8. The third-order valence-electron chi connectivity index (χ3n) is 3.15. The van der Waals surface area contributed by atoms with Crippen LogP contribution in [-0.4, -0.2) is 19.3 Å². The highest BCUT2D eigenvalue weighted by Crippen LogP contribution is 2.38. The zero-order chi connectivity index (χ0) is 14.3. The first-order valence-corrected chi connectivity index (χ1v) is 6.37. The summed E-state index contributed by atoms with van der Waals surface area (Å²) < 4.78 is 38.5. The van der Waals surface area contributed by atoms with Crippen LogP contribution in [-0.2, 0) is 11.0 Å². The van der Waals surface area contributed by atoms with Crippen LogP contribution in [0, 0.1) is 0 Å². The molecule has 2 aliphatic rings. The molecule has 3 rings (SSSR count). The molecule has 3 nitrogen and oxygen atoms in total. The van der Waals surface area contributed by atoms with Gasteiger partial charge in [0.15, 0.2) is 0 Å². The Bertz CT molecular complexity index is 610. The summed E-state index contributed by atoms with van der Waals surface area (Å²) in [5, 5.41) is 1.10. The minimum atomic E-state index is -4.48. The lowest BCUT2D eigenvalue weighted by Gasteiger charge is -2.20. The molecule has 0 N–H and O–H groups in total. The predicted molar refractivity (Wildman–Crippen MR) is 69.9 cm³/mol. The summed E-state index contributed by atoms with van der Waals surface area (Å²) in [6, 6.07) is 3.74. The van der Waals surface area contributed by atoms with Crippen molar-refractivity contribution >= 4 is 23.5 Å². The number of anilines is 1. The van der Waals surface area contributed by atoms with E-state index in [1.54, 1.807) is 6.21 Å². The summed E-state index contributed by atoms with van der Waals surface area (Å²) in [4.78, 5) is 9.70. The van der Waals surface area contributed by atoms with Crippen molar-refractivity contribution in [1.29, 1.82) is 0 Å². The first kappa shape index (κ1) is 13.3. The van der Waals surface area contributed by atoms with Crippen LogP contribution in [0.2, 0.25) is 5.02 Å². The number of hydroxylamine groups is 1. The van der Waals surface area contributed by atoms with Crippen molar-refractivity contribution in [3.63, 3.8) is 0 Å². The van der Waals surface area contributed by atoms with Crippen LogP contribution in [0.5, 0.6) is 0 Å². The lowest BCUT2D eigenvalue weighted by molar-refractivity contribution is -0.137. The smallest absolute Gasteiger partial charge is 0.383 e. The number of benzene rings is 1. The van der Waals surface area contributed by atoms with E-state index in [2.05, 4.69) is 4.99 Å². The van der Waals surface area contributed by atoms with Crippen molar-refractivity contribution in [2.45, 2.75) is 12.6 Å². The molecule has 0 radical (unpaired) electrons. The highest BCUT2D eigenvalue weighted by molar-refractivity contribution is 6.31. The Hall–Kier alpha value is -1.69. The van der Waals surface area contributed by atoms with Crippen molar-refractivity contribution in [3.8, 4) is 0 Å². The molecule has 0 bridgehead atoms. The van der Waals surface area contributed by atoms with Gasteiger partial charge < -0.3 is 4.84 Å². The van der Waals surface area contributed by atoms with Crippen LogP contribution in [0.3, 0.4) is 0 Å². The fourth-order valence-electron chi connectivity index (χ4n) is 2.16. The van der Waals surface area contributed by atoms with E-state index in [9.17, 15) is 13.2 Å². The third-order valence-corrected chi connectivity index (χ3v) is 3.48. The standard InChI is InChI=1S/C13H10ClF3N2O/c14-11-2-1-9(5-10(11)13(15,16)17)19-7-8-6-18-4-3-12(8)20-19/h1-2,5-6H,3-4,7H2. The summed E-state index contributed by atoms with van der Waals surface area (Å²) in [5.41, 5.74) is 0.364. The lowest BCUT2D eigenvalue weighted by Crippen LogP contribution is -2.19. The van der Waals surface area contributed by atoms with Crippen molar-refractivity contribution in [2.75, 3.05) is 18.2 Å². The Labute approximate surface area is 118 Å². The van der Waals surface area contributed by atoms with Crippen LogP contribution in [0.4, 0.5) is 18.9 Å². The van der Waals surface area contributed by atoms with Gasteiger partial charge in [-0.25, -0.2) is 5.06 Å². The number of alkyl halides is 3. The minimum absolute atomic E-state index is 0.320. The van der Waals surface area contributed by atoms with E-state index in [0.29, 0.717) is 25.2 Å². The Kier molecular flexibility index (Phi) is 3.12. The molecular weight excluding hydrogens is 293 g/mol. The zero-order valence-corrected chi connectivity index (χ0v) is 11.0. The Balaban J connectivity index is 1.88. The molecule has 0 aliphatic carbocycles. The van der Waals surface area contributed by atoms with Gasteiger partial charge in [0.25, 0.3) is 0 Å². The van der Waals surface area contributed by atoms with Gasteiger partial charge in [-0.05, 0) is 18.2 Å². The van der Waals surface area contributed by atoms with E-state index in [1.807, 2.05) is 0 Å². The highest BCUT2D eigenvalue weighted by atomic mass is 35.5. The number of halogens is 4. The normalized spacial score (nSPS) is 18.3. The second kappa shape index (κ2) is 4.70. The van der Waals surface area contributed by atoms with Gasteiger partial charge in [0.1, 0.15) is 5.76 Å². The van der Waals surface area contributed by atoms with Gasteiger partial charge in [0.05, 0.1) is 22.8 Å². The first-order chi connectivity index (χ1) is 9.45. The Morgan fingerprint density at radius 3 is 2.80 bits per heavy atom. The number of hydrogen-bond donors (Lipinski definition) is 0. The van der Waals surface area contributed by atoms with Crippen LogP contribution in [0.15, 0.2) is 34.5 Å². The van der Waals surface area contributed by atoms with Crippen LogP contribution in [0.1, 0.15) is 12.0 Å². The van der Waals surface area contributed by atoms with Gasteiger partial charge in [-0.3, -0.25) is 4.99 Å². The number of rotatable bonds is 1. The molecule has 1 aromatic rings. The number of hydrogen-bond acceptors (Lipinski definition) is 3. The molecule has 0 fully saturated rings. The van der Waals surface area contributed by atoms with Gasteiger partial charge in [-0.1, -0.05) is 11.6 Å². The van der Waals surface area contributed by atoms with Gasteiger partial charge in [-0.2, -0.15) is 13.2 Å². The van der Waals surface area contributed by atoms with E-state index in [1.165, 1.54) is 17.2 Å². The van der Waals surface area contributed by atoms with E-state index in [0.717, 1.165) is 17.4 Å². The average molecular weight is 303 g/mol. The summed E-state index contributed by atoms with van der Waals surface area (Å²) in [6.07, 6.45) is -2.11. The summed E-state index contributed by atoms with van der Waals surface area (Å²) >= 11 is 5.60. The van der Waals surface area contributed by atoms with Gasteiger partial charge >= 0.3 is 6.18 Å². The Morgan fingerprint density at radius 1 is 1.30 bits per heavy atom. The number of nitrogens with zero attached hydrogens (tertiary/aromatic N) is 2. The molecule has 0 spiro atoms. The zero-order valence-electron chi connectivity index (χ0n) is 10.2. The second-order valence-electron chi connectivity index (χ2n) is 4.52. The Morgan fingerprint density at radius 2 is 2.10 bits per heavy atom. The quantitative estimate of drug-likeness (QED) is 0.787. The SMILES string of the molecule is FC(F)(F)c1cc(N2CC3=C(CCN=C3)O2)ccc1Cl. The monoisotopic (exact) mass is 302 g/mol. The predicted octanol–water partition coefficient (Wildman–Crippen LogP) is 3.84. The summed E-state index contributed by atoms with van der Waals surface area (Å²) in [5.74, 6) is 0.767. The fourth-order valence-corrected chi connectivity index (χ4v) is 2.38. The van der Waals surface area contributed by atoms with Crippen molar-refractivity contribution in [1.82, 2.24) is 0 Å². The molecule has 0 aromatic heterocycles. The van der Waals surface area contributed by atoms with E-state index < -0.39 is 11.7 Å². The maximum absolute atomic E-state index is 12.8. The first-order valence-electron chi connectivity index (χ1n) is 5.99. The molecule has 20 heavy (non-hydrogen) atoms. The maximum Gasteiger partial charge on any atom is 0.417 e. The molecule has 0 saturated carbocycles. The average Bonchev–Trinajstić information content (AvgIpc) is 2.81. The molecule has 0 amide bonds. The molecule has 7 heteroatoms. The molecular formula is C13H10ClF3N2O. The number of aliphatic imine (C=N–C) groups is 1. The summed E-state index contributed by atoms with van der Waals surface area (Å²) in [7, 11) is 0. The minimum Gasteiger partial charge on any atom is -0.383 e. The van der Waals surface area contributed by atoms with Crippen LogP contribution >= 0.6 is 11.6 Å². The molecule has 2 aliphatic heterocycles. The van der Waals surface area contributed by atoms with Crippen LogP contribution < -0.4 is 5.06 Å². The van der Waals surface area contributed by atoms with E-state index in [-0.39, 0.29) is 5.02 Å². The second-order valence-corrected chi connectivity index (χ2v) is 4.93. The van der Waals surface area contributed by atoms with Gasteiger partial charge in [-0.15, -0.1) is 0 Å². The third kappa shape index (κ3) is 2.35. The van der Waals surface area contributed by atoms with Crippen molar-refractivity contribution in [2.24, 2.45) is 4.99 Å². The van der Waals surface area contributed by atoms with E-state index >= 15 is 0 Å². The van der Waals surface area contributed by atoms with Crippen LogP contribution in [0.25, 0.3) is 0 Å². The summed E-state index contributed by atoms with van der Waals surface area (Å²) in [6.45, 7) is 1.03. The molecule has 0 unspecified atom stereocenters. The lowest BCUT2D eigenvalue weighted by atomic mass is 10.1. The van der Waals surface area contributed by atoms with Gasteiger partial charge in [0.2, 0.25) is 0 Å².